The van der Waals surface area contributed by atoms with Crippen molar-refractivity contribution in [2.45, 2.75) is 40.0 Å². The average molecular weight is 729 g/mol. The molecular formula is C52H44N2O2. The highest BCUT2D eigenvalue weighted by Gasteiger charge is 2.48. The number of benzene rings is 6. The smallest absolute Gasteiger partial charge is 0.170 e. The summed E-state index contributed by atoms with van der Waals surface area (Å²) in [5.74, 6) is 3.11. The van der Waals surface area contributed by atoms with Crippen molar-refractivity contribution in [1.29, 1.82) is 0 Å². The zero-order valence-electron chi connectivity index (χ0n) is 32.5. The fourth-order valence-corrected chi connectivity index (χ4v) is 8.95. The van der Waals surface area contributed by atoms with Crippen LogP contribution in [0, 0.1) is 5.92 Å². The molecule has 274 valence electrons. The number of para-hydroxylation sites is 3. The first-order valence-corrected chi connectivity index (χ1v) is 19.6. The van der Waals surface area contributed by atoms with Crippen molar-refractivity contribution >= 4 is 21.8 Å². The topological polar surface area (TPSA) is 36.3 Å². The van der Waals surface area contributed by atoms with Crippen LogP contribution in [-0.2, 0) is 5.41 Å². The van der Waals surface area contributed by atoms with Crippen molar-refractivity contribution in [3.63, 3.8) is 0 Å². The lowest BCUT2D eigenvalue weighted by atomic mass is 9.65. The molecule has 1 aliphatic heterocycles. The maximum Gasteiger partial charge on any atom is 0.170 e. The molecule has 1 atom stereocenters. The summed E-state index contributed by atoms with van der Waals surface area (Å²) in [5.41, 5.74) is 13.1. The monoisotopic (exact) mass is 728 g/mol. The van der Waals surface area contributed by atoms with E-state index in [-0.39, 0.29) is 5.92 Å². The van der Waals surface area contributed by atoms with Gasteiger partial charge in [0.1, 0.15) is 0 Å². The number of rotatable bonds is 6. The quantitative estimate of drug-likeness (QED) is 0.160. The van der Waals surface area contributed by atoms with Gasteiger partial charge in [-0.2, -0.15) is 0 Å². The molecule has 0 N–H and O–H groups in total. The predicted molar refractivity (Wildman–Crippen MR) is 232 cm³/mol. The summed E-state index contributed by atoms with van der Waals surface area (Å²) >= 11 is 0. The Balaban J connectivity index is 0.00000202. The number of ether oxygens (including phenoxy) is 2. The molecule has 1 unspecified atom stereocenters. The van der Waals surface area contributed by atoms with E-state index >= 15 is 0 Å². The third-order valence-electron chi connectivity index (χ3n) is 11.4. The zero-order chi connectivity index (χ0) is 38.6. The van der Waals surface area contributed by atoms with E-state index in [1.54, 1.807) is 0 Å². The number of pyridine rings is 1. The van der Waals surface area contributed by atoms with Crippen molar-refractivity contribution in [3.8, 4) is 62.2 Å². The molecule has 0 radical (unpaired) electrons. The fraction of sp³-hybridized carbons (Fsp3) is 0.135. The second-order valence-corrected chi connectivity index (χ2v) is 14.6. The summed E-state index contributed by atoms with van der Waals surface area (Å²) in [6.07, 6.45) is 6.24. The number of allylic oxidation sites excluding steroid dienone is 3. The van der Waals surface area contributed by atoms with Crippen LogP contribution in [0.15, 0.2) is 170 Å². The van der Waals surface area contributed by atoms with Gasteiger partial charge in [0.15, 0.2) is 23.0 Å². The third-order valence-corrected chi connectivity index (χ3v) is 11.4. The summed E-state index contributed by atoms with van der Waals surface area (Å²) < 4.78 is 15.2. The van der Waals surface area contributed by atoms with Gasteiger partial charge in [0.2, 0.25) is 0 Å². The molecule has 8 aromatic rings. The van der Waals surface area contributed by atoms with E-state index in [0.717, 1.165) is 73.2 Å². The number of nitrogens with zero attached hydrogens (tertiary/aromatic N) is 2. The van der Waals surface area contributed by atoms with Crippen LogP contribution in [0.5, 0.6) is 23.0 Å². The Kier molecular flexibility index (Phi) is 8.70. The second-order valence-electron chi connectivity index (χ2n) is 14.6. The maximum absolute atomic E-state index is 6.46. The molecule has 6 aromatic carbocycles. The lowest BCUT2D eigenvalue weighted by molar-refractivity contribution is 0.357. The van der Waals surface area contributed by atoms with Gasteiger partial charge >= 0.3 is 0 Å². The van der Waals surface area contributed by atoms with Crippen LogP contribution < -0.4 is 9.47 Å². The van der Waals surface area contributed by atoms with Gasteiger partial charge in [-0.1, -0.05) is 125 Å². The van der Waals surface area contributed by atoms with Gasteiger partial charge in [-0.25, -0.2) is 0 Å². The van der Waals surface area contributed by atoms with Crippen LogP contribution in [0.2, 0.25) is 0 Å². The summed E-state index contributed by atoms with van der Waals surface area (Å²) in [5, 5.41) is 2.41. The molecule has 1 aliphatic carbocycles. The first-order chi connectivity index (χ1) is 27.4. The van der Waals surface area contributed by atoms with Gasteiger partial charge in [0.25, 0.3) is 0 Å². The molecule has 2 aromatic heterocycles. The minimum absolute atomic E-state index is 0.202. The average Bonchev–Trinajstić information content (AvgIpc) is 3.73. The van der Waals surface area contributed by atoms with Crippen LogP contribution in [0.1, 0.15) is 45.7 Å². The molecule has 4 heteroatoms. The SMILES string of the molecule is C=C(/C=C\C)C1(C(C)C)c2cc(-c3ccc4c(c3)c3ccccc3n4-c3ccc(-c4ccccc4)nc3)ccc2-c2cc3c(cc21)Oc1ccccc1O3.CC. The lowest BCUT2D eigenvalue weighted by Gasteiger charge is -2.38. The van der Waals surface area contributed by atoms with Crippen molar-refractivity contribution < 1.29 is 9.47 Å². The number of fused-ring (bicyclic) bond motifs is 8. The van der Waals surface area contributed by atoms with E-state index < -0.39 is 5.41 Å². The predicted octanol–water partition coefficient (Wildman–Crippen LogP) is 14.5. The molecule has 0 bridgehead atoms. The molecule has 10 rings (SSSR count). The highest BCUT2D eigenvalue weighted by Crippen LogP contribution is 2.60. The molecule has 4 nitrogen and oxygen atoms in total. The van der Waals surface area contributed by atoms with Crippen molar-refractivity contribution in [2.75, 3.05) is 0 Å². The Labute approximate surface area is 329 Å². The van der Waals surface area contributed by atoms with Gasteiger partial charge in [-0.3, -0.25) is 4.98 Å². The Morgan fingerprint density at radius 2 is 1.27 bits per heavy atom. The van der Waals surface area contributed by atoms with Crippen molar-refractivity contribution in [3.05, 3.63) is 181 Å². The van der Waals surface area contributed by atoms with Crippen LogP contribution in [0.4, 0.5) is 0 Å². The molecule has 56 heavy (non-hydrogen) atoms. The van der Waals surface area contributed by atoms with Gasteiger partial charge in [0.05, 0.1) is 28.6 Å². The zero-order valence-corrected chi connectivity index (χ0v) is 32.5. The molecular weight excluding hydrogens is 685 g/mol. The van der Waals surface area contributed by atoms with Gasteiger partial charge < -0.3 is 14.0 Å². The Bertz CT molecular complexity index is 2830. The Morgan fingerprint density at radius 3 is 1.98 bits per heavy atom. The van der Waals surface area contributed by atoms with Crippen molar-refractivity contribution in [1.82, 2.24) is 9.55 Å². The van der Waals surface area contributed by atoms with Crippen LogP contribution in [0.25, 0.3) is 61.0 Å². The highest BCUT2D eigenvalue weighted by atomic mass is 16.6. The summed E-state index contributed by atoms with van der Waals surface area (Å²) in [7, 11) is 0. The van der Waals surface area contributed by atoms with Crippen LogP contribution >= 0.6 is 0 Å². The van der Waals surface area contributed by atoms with Gasteiger partial charge in [-0.05, 0) is 112 Å². The minimum Gasteiger partial charge on any atom is -0.450 e. The Hall–Kier alpha value is -6.65. The van der Waals surface area contributed by atoms with Crippen LogP contribution in [0.3, 0.4) is 0 Å². The lowest BCUT2D eigenvalue weighted by Crippen LogP contribution is -2.33. The molecule has 0 saturated heterocycles. The molecule has 3 heterocycles. The molecule has 0 fully saturated rings. The second kappa shape index (κ2) is 13.9. The number of aromatic nitrogens is 2. The maximum atomic E-state index is 6.46. The van der Waals surface area contributed by atoms with Gasteiger partial charge in [0, 0.05) is 21.8 Å². The van der Waals surface area contributed by atoms with E-state index in [1.807, 2.05) is 62.5 Å². The van der Waals surface area contributed by atoms with E-state index in [1.165, 1.54) is 27.5 Å². The van der Waals surface area contributed by atoms with E-state index in [4.69, 9.17) is 21.0 Å². The summed E-state index contributed by atoms with van der Waals surface area (Å²) in [6, 6.07) is 49.2. The van der Waals surface area contributed by atoms with E-state index in [9.17, 15) is 0 Å². The number of hydrogen-bond acceptors (Lipinski definition) is 3. The first-order valence-electron chi connectivity index (χ1n) is 19.6. The van der Waals surface area contributed by atoms with Crippen LogP contribution in [-0.4, -0.2) is 9.55 Å². The Morgan fingerprint density at radius 1 is 0.625 bits per heavy atom. The summed E-state index contributed by atoms with van der Waals surface area (Å²) in [6.45, 7) is 15.4. The van der Waals surface area contributed by atoms with E-state index in [0.29, 0.717) is 0 Å². The largest absolute Gasteiger partial charge is 0.450 e. The third kappa shape index (κ3) is 5.31. The first kappa shape index (κ1) is 35.1. The molecule has 0 spiro atoms. The standard InChI is InChI=1S/C50H38N2O2.C2H6/c1-5-13-32(4)50(31(2)3)41-27-35(20-23-37(41)39-28-48-49(29-42(39)50)54-47-19-12-11-18-46(47)53-48)34-21-25-45-40(26-34)38-16-9-10-17-44(38)52(45)36-22-24-43(51-30-36)33-14-7-6-8-15-33;1-2/h5-31H,4H2,1-3H3;1-2H3/b13-5-;. The molecule has 0 saturated carbocycles. The fourth-order valence-electron chi connectivity index (χ4n) is 8.95. The number of hydrogen-bond donors (Lipinski definition) is 0. The summed E-state index contributed by atoms with van der Waals surface area (Å²) in [4.78, 5) is 4.88. The van der Waals surface area contributed by atoms with Gasteiger partial charge in [-0.15, -0.1) is 0 Å². The highest BCUT2D eigenvalue weighted by molar-refractivity contribution is 6.10. The molecule has 2 aliphatic rings. The normalized spacial score (nSPS) is 15.0. The van der Waals surface area contributed by atoms with Crippen molar-refractivity contribution in [2.24, 2.45) is 5.92 Å². The minimum atomic E-state index is -0.471. The molecule has 0 amide bonds. The van der Waals surface area contributed by atoms with E-state index in [2.05, 4.69) is 135 Å².